The van der Waals surface area contributed by atoms with Crippen LogP contribution in [0.4, 0.5) is 9.59 Å². The van der Waals surface area contributed by atoms with Gasteiger partial charge < -0.3 is 18.9 Å². The van der Waals surface area contributed by atoms with Gasteiger partial charge in [-0.3, -0.25) is 0 Å². The van der Waals surface area contributed by atoms with Crippen LogP contribution in [0.1, 0.15) is 0 Å². The van der Waals surface area contributed by atoms with Crippen molar-refractivity contribution in [2.75, 3.05) is 0 Å². The third-order valence-electron chi connectivity index (χ3n) is 8.27. The fourth-order valence-electron chi connectivity index (χ4n) is 6.31. The van der Waals surface area contributed by atoms with Gasteiger partial charge >= 0.3 is 12.3 Å². The molecule has 0 amide bonds. The van der Waals surface area contributed by atoms with Crippen LogP contribution >= 0.6 is 0 Å². The smallest absolute Gasteiger partial charge is 0.395 e. The summed E-state index contributed by atoms with van der Waals surface area (Å²) in [5.74, 6) is 1.59. The molecule has 0 heterocycles. The Bertz CT molecular complexity index is 2200. The van der Waals surface area contributed by atoms with Crippen molar-refractivity contribution in [3.63, 3.8) is 0 Å². The second-order valence-electron chi connectivity index (χ2n) is 11.1. The maximum Gasteiger partial charge on any atom is 0.519 e. The first-order valence-corrected chi connectivity index (χ1v) is 15.4. The van der Waals surface area contributed by atoms with Gasteiger partial charge in [0.15, 0.2) is 0 Å². The van der Waals surface area contributed by atoms with Gasteiger partial charge in [0.2, 0.25) is 0 Å². The summed E-state index contributed by atoms with van der Waals surface area (Å²) in [6.45, 7) is 0. The molecule has 6 nitrogen and oxygen atoms in total. The molecule has 6 heteroatoms. The maximum atomic E-state index is 13.1. The molecule has 0 unspecified atom stereocenters. The van der Waals surface area contributed by atoms with Crippen LogP contribution in [-0.4, -0.2) is 12.3 Å². The van der Waals surface area contributed by atoms with E-state index in [1.165, 1.54) is 0 Å². The number of fused-ring (bicyclic) bond motifs is 4. The van der Waals surface area contributed by atoms with Gasteiger partial charge in [-0.05, 0) is 56.9 Å². The lowest BCUT2D eigenvalue weighted by Gasteiger charge is -2.21. The van der Waals surface area contributed by atoms with Crippen molar-refractivity contribution in [1.82, 2.24) is 0 Å². The summed E-state index contributed by atoms with van der Waals surface area (Å²) in [6.07, 6.45) is -1.66. The van der Waals surface area contributed by atoms with Crippen molar-refractivity contribution >= 4 is 55.4 Å². The van der Waals surface area contributed by atoms with Gasteiger partial charge in [0, 0.05) is 21.5 Å². The molecular weight excluding hydrogens is 600 g/mol. The first kappa shape index (κ1) is 28.8. The zero-order chi connectivity index (χ0) is 32.5. The number of rotatable bonds is 5. The fraction of sp³-hybridized carbons (Fsp3) is 0. The Morgan fingerprint density at radius 3 is 0.833 bits per heavy atom. The van der Waals surface area contributed by atoms with Crippen molar-refractivity contribution in [3.05, 3.63) is 158 Å². The standard InChI is InChI=1S/C42H26O6/c43-41(45-27-15-3-1-4-16-27)47-39-33-23-11-7-19-29(33)37(30-20-8-12-24-34(30)39)38-31-21-9-13-25-35(31)40(36-26-14-10-22-32(36)38)48-42(44)46-28-17-5-2-6-18-28/h1-26H. The van der Waals surface area contributed by atoms with Crippen molar-refractivity contribution < 1.29 is 28.5 Å². The van der Waals surface area contributed by atoms with Crippen LogP contribution in [0.15, 0.2) is 158 Å². The van der Waals surface area contributed by atoms with E-state index >= 15 is 0 Å². The Hall–Kier alpha value is -6.66. The lowest BCUT2D eigenvalue weighted by molar-refractivity contribution is 0.152. The van der Waals surface area contributed by atoms with E-state index in [-0.39, 0.29) is 0 Å². The first-order chi connectivity index (χ1) is 23.7. The van der Waals surface area contributed by atoms with E-state index in [1.54, 1.807) is 48.5 Å². The molecule has 8 aromatic carbocycles. The lowest BCUT2D eigenvalue weighted by atomic mass is 9.85. The third-order valence-corrected chi connectivity index (χ3v) is 8.27. The highest BCUT2D eigenvalue weighted by Gasteiger charge is 2.24. The molecule has 0 spiro atoms. The van der Waals surface area contributed by atoms with Crippen LogP contribution in [0.2, 0.25) is 0 Å². The highest BCUT2D eigenvalue weighted by atomic mass is 16.7. The Kier molecular flexibility index (Phi) is 7.36. The molecule has 0 N–H and O–H groups in total. The highest BCUT2D eigenvalue weighted by Crippen LogP contribution is 2.49. The van der Waals surface area contributed by atoms with Gasteiger partial charge in [-0.15, -0.1) is 0 Å². The average Bonchev–Trinajstić information content (AvgIpc) is 3.13. The highest BCUT2D eigenvalue weighted by molar-refractivity contribution is 6.27. The molecule has 48 heavy (non-hydrogen) atoms. The second kappa shape index (κ2) is 12.3. The minimum atomic E-state index is -0.830. The molecule has 0 atom stereocenters. The van der Waals surface area contributed by atoms with Crippen LogP contribution < -0.4 is 18.9 Å². The van der Waals surface area contributed by atoms with Crippen LogP contribution in [0.25, 0.3) is 54.2 Å². The summed E-state index contributed by atoms with van der Waals surface area (Å²) in [6, 6.07) is 49.1. The number of ether oxygens (including phenoxy) is 4. The van der Waals surface area contributed by atoms with Gasteiger partial charge in [-0.1, -0.05) is 133 Å². The number of benzene rings is 8. The van der Waals surface area contributed by atoms with E-state index in [0.717, 1.165) is 54.2 Å². The molecule has 0 fully saturated rings. The molecule has 0 radical (unpaired) electrons. The van der Waals surface area contributed by atoms with E-state index in [1.807, 2.05) is 109 Å². The van der Waals surface area contributed by atoms with E-state index in [2.05, 4.69) is 0 Å². The summed E-state index contributed by atoms with van der Waals surface area (Å²) < 4.78 is 23.0. The number of carbonyl (C=O) groups excluding carboxylic acids is 2. The molecule has 0 aliphatic heterocycles. The lowest BCUT2D eigenvalue weighted by Crippen LogP contribution is -2.14. The van der Waals surface area contributed by atoms with Gasteiger partial charge in [0.05, 0.1) is 0 Å². The summed E-state index contributed by atoms with van der Waals surface area (Å²) in [5.41, 5.74) is 1.91. The minimum Gasteiger partial charge on any atom is -0.395 e. The summed E-state index contributed by atoms with van der Waals surface area (Å²) in [5, 5.41) is 6.51. The van der Waals surface area contributed by atoms with E-state index in [9.17, 15) is 9.59 Å². The Morgan fingerprint density at radius 1 is 0.292 bits per heavy atom. The van der Waals surface area contributed by atoms with E-state index < -0.39 is 12.3 Å². The minimum absolute atomic E-state index is 0.389. The van der Waals surface area contributed by atoms with Crippen molar-refractivity contribution in [3.8, 4) is 34.1 Å². The molecule has 0 aliphatic rings. The summed E-state index contributed by atoms with van der Waals surface area (Å²) >= 11 is 0. The SMILES string of the molecule is O=C(Oc1ccccc1)Oc1c2ccccc2c(-c2c3ccccc3c(OC(=O)Oc3ccccc3)c3ccccc23)c2ccccc12. The molecule has 0 saturated carbocycles. The maximum absolute atomic E-state index is 13.1. The quantitative estimate of drug-likeness (QED) is 0.108. The number of carbonyl (C=O) groups is 2. The topological polar surface area (TPSA) is 71.1 Å². The molecule has 0 bridgehead atoms. The molecule has 0 saturated heterocycles. The van der Waals surface area contributed by atoms with Gasteiger partial charge in [-0.2, -0.15) is 0 Å². The number of hydrogen-bond acceptors (Lipinski definition) is 6. The van der Waals surface area contributed by atoms with E-state index in [4.69, 9.17) is 18.9 Å². The van der Waals surface area contributed by atoms with Gasteiger partial charge in [0.25, 0.3) is 0 Å². The number of para-hydroxylation sites is 2. The molecule has 230 valence electrons. The van der Waals surface area contributed by atoms with Crippen LogP contribution in [0, 0.1) is 0 Å². The second-order valence-corrected chi connectivity index (χ2v) is 11.1. The van der Waals surface area contributed by atoms with Crippen molar-refractivity contribution in [2.24, 2.45) is 0 Å². The number of hydrogen-bond donors (Lipinski definition) is 0. The summed E-state index contributed by atoms with van der Waals surface area (Å²) in [7, 11) is 0. The zero-order valence-corrected chi connectivity index (χ0v) is 25.5. The Morgan fingerprint density at radius 2 is 0.542 bits per heavy atom. The summed E-state index contributed by atoms with van der Waals surface area (Å²) in [4.78, 5) is 26.2. The molecular formula is C42H26O6. The fourth-order valence-corrected chi connectivity index (χ4v) is 6.31. The van der Waals surface area contributed by atoms with Gasteiger partial charge in [-0.25, -0.2) is 9.59 Å². The molecule has 8 rings (SSSR count). The Labute approximate surface area is 275 Å². The van der Waals surface area contributed by atoms with Crippen LogP contribution in [0.3, 0.4) is 0 Å². The molecule has 0 aliphatic carbocycles. The average molecular weight is 627 g/mol. The Balaban J connectivity index is 1.35. The van der Waals surface area contributed by atoms with Crippen LogP contribution in [0.5, 0.6) is 23.0 Å². The monoisotopic (exact) mass is 626 g/mol. The van der Waals surface area contributed by atoms with Crippen LogP contribution in [-0.2, 0) is 0 Å². The van der Waals surface area contributed by atoms with Gasteiger partial charge in [0.1, 0.15) is 23.0 Å². The predicted molar refractivity (Wildman–Crippen MR) is 188 cm³/mol. The van der Waals surface area contributed by atoms with E-state index in [0.29, 0.717) is 23.0 Å². The van der Waals surface area contributed by atoms with Crippen molar-refractivity contribution in [2.45, 2.75) is 0 Å². The van der Waals surface area contributed by atoms with Crippen molar-refractivity contribution in [1.29, 1.82) is 0 Å². The first-order valence-electron chi connectivity index (χ1n) is 15.4. The third kappa shape index (κ3) is 5.21. The molecule has 0 aromatic heterocycles. The largest absolute Gasteiger partial charge is 0.519 e. The molecule has 8 aromatic rings. The predicted octanol–water partition coefficient (Wildman–Crippen LogP) is 11.1. The zero-order valence-electron chi connectivity index (χ0n) is 25.5. The normalized spacial score (nSPS) is 11.1.